The molecule has 1 heterocycles. The normalized spacial score (nSPS) is 10.6. The first-order valence-corrected chi connectivity index (χ1v) is 10.3. The van der Waals surface area contributed by atoms with Crippen molar-refractivity contribution in [3.63, 3.8) is 0 Å². The molecule has 2 N–H and O–H groups in total. The number of carbonyl (C=O) groups excluding carboxylic acids is 2. The Labute approximate surface area is 174 Å². The molecule has 29 heavy (non-hydrogen) atoms. The fourth-order valence-corrected chi connectivity index (χ4v) is 3.22. The van der Waals surface area contributed by atoms with Crippen molar-refractivity contribution >= 4 is 28.8 Å². The number of carbonyl (C=O) groups is 2. The first kappa shape index (κ1) is 20.6. The number of thiophene rings is 1. The molecule has 0 fully saturated rings. The van der Waals surface area contributed by atoms with Gasteiger partial charge in [-0.05, 0) is 47.3 Å². The predicted molar refractivity (Wildman–Crippen MR) is 116 cm³/mol. The molecule has 0 aliphatic rings. The molecule has 0 saturated carbocycles. The molecule has 0 bridgehead atoms. The van der Waals surface area contributed by atoms with Crippen LogP contribution in [-0.2, 0) is 17.9 Å². The van der Waals surface area contributed by atoms with Crippen LogP contribution in [0.25, 0.3) is 0 Å². The molecule has 150 valence electrons. The summed E-state index contributed by atoms with van der Waals surface area (Å²) in [4.78, 5) is 25.5. The fraction of sp³-hybridized carbons (Fsp3) is 0.217. The molecular weight excluding hydrogens is 384 g/mol. The van der Waals surface area contributed by atoms with E-state index in [1.165, 1.54) is 0 Å². The molecule has 3 aromatic rings. The van der Waals surface area contributed by atoms with Crippen LogP contribution in [-0.4, -0.2) is 11.8 Å². The highest BCUT2D eigenvalue weighted by atomic mass is 32.1. The summed E-state index contributed by atoms with van der Waals surface area (Å²) in [6.45, 7) is 4.54. The van der Waals surface area contributed by atoms with Gasteiger partial charge in [-0.2, -0.15) is 0 Å². The van der Waals surface area contributed by atoms with E-state index in [1.807, 2.05) is 61.7 Å². The van der Waals surface area contributed by atoms with E-state index in [9.17, 15) is 9.59 Å². The molecule has 0 saturated heterocycles. The van der Waals surface area contributed by atoms with Crippen molar-refractivity contribution in [2.75, 3.05) is 5.32 Å². The van der Waals surface area contributed by atoms with Gasteiger partial charge in [-0.15, -0.1) is 11.3 Å². The molecule has 0 spiro atoms. The molecule has 1 aromatic heterocycles. The number of hydrogen-bond acceptors (Lipinski definition) is 4. The third-order valence-corrected chi connectivity index (χ3v) is 5.08. The fourth-order valence-electron chi connectivity index (χ4n) is 2.61. The molecule has 0 aliphatic heterocycles. The molecule has 6 heteroatoms. The minimum atomic E-state index is -0.178. The number of hydrogen-bond donors (Lipinski definition) is 2. The van der Waals surface area contributed by atoms with E-state index in [0.29, 0.717) is 24.5 Å². The third-order valence-electron chi connectivity index (χ3n) is 4.23. The lowest BCUT2D eigenvalue weighted by Crippen LogP contribution is -2.23. The van der Waals surface area contributed by atoms with Crippen molar-refractivity contribution in [1.82, 2.24) is 5.32 Å². The summed E-state index contributed by atoms with van der Waals surface area (Å²) in [5.41, 5.74) is 2.17. The zero-order valence-electron chi connectivity index (χ0n) is 16.5. The minimum Gasteiger partial charge on any atom is -0.488 e. The van der Waals surface area contributed by atoms with Crippen molar-refractivity contribution in [3.8, 4) is 5.75 Å². The van der Waals surface area contributed by atoms with E-state index in [4.69, 9.17) is 4.74 Å². The standard InChI is InChI=1S/C23H24N2O3S/c1-16(2)22(26)25-19-8-3-6-17(12-19)14-24-23(27)18-7-4-9-20(13-18)28-15-21-10-5-11-29-21/h3-13,16H,14-15H2,1-2H3,(H,24,27)(H,25,26). The molecule has 0 unspecified atom stereocenters. The van der Waals surface area contributed by atoms with Crippen LogP contribution < -0.4 is 15.4 Å². The summed E-state index contributed by atoms with van der Waals surface area (Å²) in [5.74, 6) is 0.353. The van der Waals surface area contributed by atoms with E-state index < -0.39 is 0 Å². The zero-order valence-corrected chi connectivity index (χ0v) is 17.3. The SMILES string of the molecule is CC(C)C(=O)Nc1cccc(CNC(=O)c2cccc(OCc3cccs3)c2)c1. The van der Waals surface area contributed by atoms with Gasteiger partial charge in [0.05, 0.1) is 0 Å². The van der Waals surface area contributed by atoms with Crippen molar-refractivity contribution in [3.05, 3.63) is 82.0 Å². The lowest BCUT2D eigenvalue weighted by Gasteiger charge is -2.11. The smallest absolute Gasteiger partial charge is 0.251 e. The van der Waals surface area contributed by atoms with Gasteiger partial charge >= 0.3 is 0 Å². The molecule has 2 aromatic carbocycles. The van der Waals surface area contributed by atoms with Gasteiger partial charge in [-0.25, -0.2) is 0 Å². The van der Waals surface area contributed by atoms with Crippen molar-refractivity contribution < 1.29 is 14.3 Å². The summed E-state index contributed by atoms with van der Waals surface area (Å²) in [7, 11) is 0. The van der Waals surface area contributed by atoms with Gasteiger partial charge in [-0.1, -0.05) is 38.1 Å². The minimum absolute atomic E-state index is 0.0365. The maximum Gasteiger partial charge on any atom is 0.251 e. The Morgan fingerprint density at radius 1 is 1.03 bits per heavy atom. The Kier molecular flexibility index (Phi) is 7.03. The van der Waals surface area contributed by atoms with Gasteiger partial charge < -0.3 is 15.4 Å². The summed E-state index contributed by atoms with van der Waals surface area (Å²) >= 11 is 1.63. The van der Waals surface area contributed by atoms with Crippen LogP contribution >= 0.6 is 11.3 Å². The van der Waals surface area contributed by atoms with Crippen LogP contribution in [0, 0.1) is 5.92 Å². The van der Waals surface area contributed by atoms with E-state index in [2.05, 4.69) is 10.6 Å². The van der Waals surface area contributed by atoms with E-state index in [0.717, 1.165) is 16.1 Å². The average Bonchev–Trinajstić information content (AvgIpc) is 3.24. The molecular formula is C23H24N2O3S. The van der Waals surface area contributed by atoms with Crippen LogP contribution in [0.1, 0.15) is 34.6 Å². The largest absolute Gasteiger partial charge is 0.488 e. The second-order valence-corrected chi connectivity index (χ2v) is 7.96. The summed E-state index contributed by atoms with van der Waals surface area (Å²) < 4.78 is 5.77. The topological polar surface area (TPSA) is 67.4 Å². The Morgan fingerprint density at radius 2 is 1.86 bits per heavy atom. The number of ether oxygens (including phenoxy) is 1. The predicted octanol–water partition coefficient (Wildman–Crippen LogP) is 4.85. The second kappa shape index (κ2) is 9.89. The van der Waals surface area contributed by atoms with Crippen LogP contribution in [0.3, 0.4) is 0 Å². The summed E-state index contributed by atoms with van der Waals surface area (Å²) in [5, 5.41) is 7.78. The lowest BCUT2D eigenvalue weighted by molar-refractivity contribution is -0.118. The highest BCUT2D eigenvalue weighted by Gasteiger charge is 2.09. The maximum absolute atomic E-state index is 12.5. The molecule has 3 rings (SSSR count). The average molecular weight is 409 g/mol. The Bertz CT molecular complexity index is 968. The van der Waals surface area contributed by atoms with Crippen LogP contribution in [0.4, 0.5) is 5.69 Å². The van der Waals surface area contributed by atoms with Gasteiger partial charge in [0.1, 0.15) is 12.4 Å². The van der Waals surface area contributed by atoms with Gasteiger partial charge in [-0.3, -0.25) is 9.59 Å². The summed E-state index contributed by atoms with van der Waals surface area (Å²) in [6.07, 6.45) is 0. The number of nitrogens with one attached hydrogen (secondary N) is 2. The van der Waals surface area contributed by atoms with Gasteiger partial charge in [0.2, 0.25) is 5.91 Å². The molecule has 0 radical (unpaired) electrons. The number of benzene rings is 2. The van der Waals surface area contributed by atoms with E-state index >= 15 is 0 Å². The maximum atomic E-state index is 12.5. The van der Waals surface area contributed by atoms with Crippen molar-refractivity contribution in [1.29, 1.82) is 0 Å². The van der Waals surface area contributed by atoms with E-state index in [1.54, 1.807) is 29.5 Å². The molecule has 2 amide bonds. The van der Waals surface area contributed by atoms with Crippen molar-refractivity contribution in [2.24, 2.45) is 5.92 Å². The van der Waals surface area contributed by atoms with E-state index in [-0.39, 0.29) is 17.7 Å². The lowest BCUT2D eigenvalue weighted by atomic mass is 10.1. The number of anilines is 1. The van der Waals surface area contributed by atoms with Gasteiger partial charge in [0.15, 0.2) is 0 Å². The molecule has 0 aliphatic carbocycles. The highest BCUT2D eigenvalue weighted by molar-refractivity contribution is 7.09. The highest BCUT2D eigenvalue weighted by Crippen LogP contribution is 2.17. The molecule has 0 atom stereocenters. The number of rotatable bonds is 8. The Morgan fingerprint density at radius 3 is 2.62 bits per heavy atom. The Hall–Kier alpha value is -3.12. The van der Waals surface area contributed by atoms with Crippen LogP contribution in [0.15, 0.2) is 66.0 Å². The Balaban J connectivity index is 1.56. The van der Waals surface area contributed by atoms with Crippen molar-refractivity contribution in [2.45, 2.75) is 27.0 Å². The summed E-state index contributed by atoms with van der Waals surface area (Å²) in [6, 6.07) is 18.6. The monoisotopic (exact) mass is 408 g/mol. The first-order chi connectivity index (χ1) is 14.0. The third kappa shape index (κ3) is 6.19. The van der Waals surface area contributed by atoms with Crippen LogP contribution in [0.5, 0.6) is 5.75 Å². The number of amides is 2. The van der Waals surface area contributed by atoms with Crippen LogP contribution in [0.2, 0.25) is 0 Å². The molecule has 5 nitrogen and oxygen atoms in total. The van der Waals surface area contributed by atoms with Gasteiger partial charge in [0, 0.05) is 28.6 Å². The first-order valence-electron chi connectivity index (χ1n) is 9.44. The second-order valence-electron chi connectivity index (χ2n) is 6.92. The quantitative estimate of drug-likeness (QED) is 0.560. The van der Waals surface area contributed by atoms with Gasteiger partial charge in [0.25, 0.3) is 5.91 Å². The zero-order chi connectivity index (χ0) is 20.6.